The third-order valence-corrected chi connectivity index (χ3v) is 3.37. The lowest BCUT2D eigenvalue weighted by Crippen LogP contribution is -2.38. The van der Waals surface area contributed by atoms with E-state index in [0.29, 0.717) is 24.9 Å². The second kappa shape index (κ2) is 5.06. The van der Waals surface area contributed by atoms with Gasteiger partial charge in [-0.2, -0.15) is 0 Å². The molecule has 2 rings (SSSR count). The number of hydrogen-bond donors (Lipinski definition) is 1. The van der Waals surface area contributed by atoms with Crippen molar-refractivity contribution in [3.05, 3.63) is 34.1 Å². The first-order valence-corrected chi connectivity index (χ1v) is 6.13. The van der Waals surface area contributed by atoms with Crippen LogP contribution in [0, 0.1) is 11.7 Å². The molecule has 16 heavy (non-hydrogen) atoms. The van der Waals surface area contributed by atoms with Crippen LogP contribution in [0.25, 0.3) is 0 Å². The summed E-state index contributed by atoms with van der Waals surface area (Å²) in [5, 5.41) is 3.16. The van der Waals surface area contributed by atoms with Gasteiger partial charge in [-0.3, -0.25) is 4.79 Å². The summed E-state index contributed by atoms with van der Waals surface area (Å²) in [7, 11) is 0. The monoisotopic (exact) mass is 285 g/mol. The number of carbonyl (C=O) groups is 1. The largest absolute Gasteiger partial charge is 0.316 e. The first kappa shape index (κ1) is 11.7. The Morgan fingerprint density at radius 3 is 3.00 bits per heavy atom. The summed E-state index contributed by atoms with van der Waals surface area (Å²) in [6.07, 6.45) is 1.05. The van der Waals surface area contributed by atoms with Gasteiger partial charge in [0, 0.05) is 29.9 Å². The van der Waals surface area contributed by atoms with E-state index < -0.39 is 0 Å². The summed E-state index contributed by atoms with van der Waals surface area (Å²) in [4.78, 5) is 11.6. The van der Waals surface area contributed by atoms with E-state index >= 15 is 0 Å². The van der Waals surface area contributed by atoms with E-state index in [-0.39, 0.29) is 17.5 Å². The molecule has 1 N–H and O–H groups in total. The van der Waals surface area contributed by atoms with Crippen molar-refractivity contribution in [3.63, 3.8) is 0 Å². The molecular weight excluding hydrogens is 273 g/mol. The van der Waals surface area contributed by atoms with E-state index in [2.05, 4.69) is 21.2 Å². The maximum Gasteiger partial charge on any atom is 0.138 e. The summed E-state index contributed by atoms with van der Waals surface area (Å²) < 4.78 is 14.3. The standard InChI is InChI=1S/C12H13BrFNO/c13-10-2-1-8(11(14)6-10)5-9-7-15-4-3-12(9)16/h1-2,6,9,15H,3-5,7H2. The molecule has 0 spiro atoms. The molecule has 4 heteroatoms. The zero-order valence-corrected chi connectivity index (χ0v) is 10.4. The van der Waals surface area contributed by atoms with Gasteiger partial charge >= 0.3 is 0 Å². The van der Waals surface area contributed by atoms with Crippen molar-refractivity contribution in [2.75, 3.05) is 13.1 Å². The van der Waals surface area contributed by atoms with Crippen molar-refractivity contribution in [3.8, 4) is 0 Å². The fourth-order valence-electron chi connectivity index (χ4n) is 1.94. The van der Waals surface area contributed by atoms with Crippen LogP contribution >= 0.6 is 15.9 Å². The number of ketones is 1. The van der Waals surface area contributed by atoms with E-state index in [4.69, 9.17) is 0 Å². The van der Waals surface area contributed by atoms with Gasteiger partial charge in [0.05, 0.1) is 0 Å². The van der Waals surface area contributed by atoms with Crippen LogP contribution in [-0.2, 0) is 11.2 Å². The van der Waals surface area contributed by atoms with Crippen molar-refractivity contribution in [2.45, 2.75) is 12.8 Å². The lowest BCUT2D eigenvalue weighted by Gasteiger charge is -2.21. The van der Waals surface area contributed by atoms with Gasteiger partial charge in [-0.25, -0.2) is 4.39 Å². The predicted molar refractivity (Wildman–Crippen MR) is 63.8 cm³/mol. The van der Waals surface area contributed by atoms with E-state index in [9.17, 15) is 9.18 Å². The molecule has 2 nitrogen and oxygen atoms in total. The van der Waals surface area contributed by atoms with E-state index in [1.165, 1.54) is 6.07 Å². The van der Waals surface area contributed by atoms with Gasteiger partial charge in [-0.15, -0.1) is 0 Å². The van der Waals surface area contributed by atoms with Gasteiger partial charge in [0.15, 0.2) is 0 Å². The molecule has 1 fully saturated rings. The summed E-state index contributed by atoms with van der Waals surface area (Å²) in [5.41, 5.74) is 0.616. The van der Waals surface area contributed by atoms with Crippen LogP contribution in [0.5, 0.6) is 0 Å². The minimum Gasteiger partial charge on any atom is -0.316 e. The highest BCUT2D eigenvalue weighted by molar-refractivity contribution is 9.10. The number of nitrogens with one attached hydrogen (secondary N) is 1. The molecule has 1 aliphatic heterocycles. The third kappa shape index (κ3) is 2.68. The minimum absolute atomic E-state index is 0.0792. The number of Topliss-reactive ketones (excluding diaryl/α,β-unsaturated/α-hetero) is 1. The predicted octanol–water partition coefficient (Wildman–Crippen LogP) is 2.31. The molecule has 0 radical (unpaired) electrons. The zero-order chi connectivity index (χ0) is 11.5. The molecule has 1 aromatic rings. The minimum atomic E-state index is -0.243. The van der Waals surface area contributed by atoms with Gasteiger partial charge in [-0.1, -0.05) is 22.0 Å². The highest BCUT2D eigenvalue weighted by atomic mass is 79.9. The molecule has 1 aromatic carbocycles. The van der Waals surface area contributed by atoms with Crippen molar-refractivity contribution in [2.24, 2.45) is 5.92 Å². The van der Waals surface area contributed by atoms with Crippen LogP contribution in [0.2, 0.25) is 0 Å². The first-order chi connectivity index (χ1) is 7.66. The summed E-state index contributed by atoms with van der Waals surface area (Å²) >= 11 is 3.21. The van der Waals surface area contributed by atoms with Gasteiger partial charge in [-0.05, 0) is 24.1 Å². The number of carbonyl (C=O) groups excluding carboxylic acids is 1. The molecule has 0 saturated carbocycles. The Morgan fingerprint density at radius 1 is 1.50 bits per heavy atom. The van der Waals surface area contributed by atoms with Gasteiger partial charge in [0.1, 0.15) is 11.6 Å². The quantitative estimate of drug-likeness (QED) is 0.904. The number of rotatable bonds is 2. The molecule has 1 atom stereocenters. The molecule has 0 aliphatic carbocycles. The molecular formula is C12H13BrFNO. The molecule has 1 aliphatic rings. The fourth-order valence-corrected chi connectivity index (χ4v) is 2.28. The Bertz CT molecular complexity index is 408. The van der Waals surface area contributed by atoms with Crippen molar-refractivity contribution >= 4 is 21.7 Å². The van der Waals surface area contributed by atoms with Crippen LogP contribution < -0.4 is 5.32 Å². The Morgan fingerprint density at radius 2 is 2.31 bits per heavy atom. The zero-order valence-electron chi connectivity index (χ0n) is 8.80. The number of halogens is 2. The van der Waals surface area contributed by atoms with Gasteiger partial charge in [0.25, 0.3) is 0 Å². The van der Waals surface area contributed by atoms with Crippen LogP contribution in [-0.4, -0.2) is 18.9 Å². The van der Waals surface area contributed by atoms with Gasteiger partial charge in [0.2, 0.25) is 0 Å². The topological polar surface area (TPSA) is 29.1 Å². The number of benzene rings is 1. The molecule has 0 bridgehead atoms. The average Bonchev–Trinajstić information content (AvgIpc) is 2.25. The second-order valence-corrected chi connectivity index (χ2v) is 4.97. The van der Waals surface area contributed by atoms with Crippen molar-refractivity contribution in [1.82, 2.24) is 5.32 Å². The highest BCUT2D eigenvalue weighted by Gasteiger charge is 2.23. The smallest absolute Gasteiger partial charge is 0.138 e. The summed E-state index contributed by atoms with van der Waals surface area (Å²) in [5.74, 6) is -0.0850. The summed E-state index contributed by atoms with van der Waals surface area (Å²) in [6, 6.07) is 4.98. The maximum atomic E-state index is 13.6. The van der Waals surface area contributed by atoms with E-state index in [1.54, 1.807) is 12.1 Å². The fraction of sp³-hybridized carbons (Fsp3) is 0.417. The van der Waals surface area contributed by atoms with Crippen molar-refractivity contribution in [1.29, 1.82) is 0 Å². The Hall–Kier alpha value is -0.740. The second-order valence-electron chi connectivity index (χ2n) is 4.06. The number of hydrogen-bond acceptors (Lipinski definition) is 2. The molecule has 1 saturated heterocycles. The maximum absolute atomic E-state index is 13.6. The Labute approximate surface area is 102 Å². The Kier molecular flexibility index (Phi) is 3.71. The lowest BCUT2D eigenvalue weighted by atomic mass is 9.91. The van der Waals surface area contributed by atoms with E-state index in [1.807, 2.05) is 0 Å². The molecule has 1 unspecified atom stereocenters. The Balaban J connectivity index is 2.10. The highest BCUT2D eigenvalue weighted by Crippen LogP contribution is 2.19. The lowest BCUT2D eigenvalue weighted by molar-refractivity contribution is -0.123. The van der Waals surface area contributed by atoms with Gasteiger partial charge < -0.3 is 5.32 Å². The van der Waals surface area contributed by atoms with Crippen LogP contribution in [0.1, 0.15) is 12.0 Å². The van der Waals surface area contributed by atoms with Crippen LogP contribution in [0.3, 0.4) is 0 Å². The summed E-state index contributed by atoms with van der Waals surface area (Å²) in [6.45, 7) is 1.41. The number of piperidine rings is 1. The van der Waals surface area contributed by atoms with Crippen molar-refractivity contribution < 1.29 is 9.18 Å². The third-order valence-electron chi connectivity index (χ3n) is 2.88. The van der Waals surface area contributed by atoms with Crippen LogP contribution in [0.4, 0.5) is 4.39 Å². The SMILES string of the molecule is O=C1CCNCC1Cc1ccc(Br)cc1F. The molecule has 86 valence electrons. The molecule has 0 amide bonds. The molecule has 0 aromatic heterocycles. The van der Waals surface area contributed by atoms with E-state index in [0.717, 1.165) is 11.0 Å². The molecule has 1 heterocycles. The van der Waals surface area contributed by atoms with Crippen LogP contribution in [0.15, 0.2) is 22.7 Å². The first-order valence-electron chi connectivity index (χ1n) is 5.34. The average molecular weight is 286 g/mol. The normalized spacial score (nSPS) is 21.1.